The summed E-state index contributed by atoms with van der Waals surface area (Å²) in [6, 6.07) is 12.5. The van der Waals surface area contributed by atoms with Crippen LogP contribution < -0.4 is 25.0 Å². The SMILES string of the molecule is COc1cc(OC)cc(N(CCNCCNC2CCN(C(C)=O)CC2)c2ccc3ncc(-c4cnn(C)c4)nc3c2)c1. The second-order valence-corrected chi connectivity index (χ2v) is 10.5. The Kier molecular flexibility index (Phi) is 9.50. The highest BCUT2D eigenvalue weighted by Crippen LogP contribution is 2.34. The molecule has 2 N–H and O–H groups in total. The fraction of sp³-hybridized carbons (Fsp3) is 0.419. The lowest BCUT2D eigenvalue weighted by Gasteiger charge is -2.32. The van der Waals surface area contributed by atoms with Crippen LogP contribution in [0, 0.1) is 0 Å². The fourth-order valence-electron chi connectivity index (χ4n) is 5.29. The number of likely N-dealkylation sites (tertiary alicyclic amines) is 1. The molecule has 1 saturated heterocycles. The van der Waals surface area contributed by atoms with Gasteiger partial charge in [0.2, 0.25) is 5.91 Å². The summed E-state index contributed by atoms with van der Waals surface area (Å²) in [6.07, 6.45) is 7.51. The van der Waals surface area contributed by atoms with Gasteiger partial charge in [-0.15, -0.1) is 0 Å². The van der Waals surface area contributed by atoms with Crippen LogP contribution in [0.15, 0.2) is 55.0 Å². The number of benzene rings is 2. The maximum absolute atomic E-state index is 11.6. The summed E-state index contributed by atoms with van der Waals surface area (Å²) in [5, 5.41) is 11.5. The number of aryl methyl sites for hydroxylation is 1. The Labute approximate surface area is 246 Å². The average Bonchev–Trinajstić information content (AvgIpc) is 3.46. The van der Waals surface area contributed by atoms with E-state index in [1.54, 1.807) is 38.2 Å². The van der Waals surface area contributed by atoms with Crippen LogP contribution in [0.4, 0.5) is 11.4 Å². The molecule has 0 saturated carbocycles. The van der Waals surface area contributed by atoms with Crippen LogP contribution in [-0.2, 0) is 11.8 Å². The standard InChI is InChI=1S/C31H40N8O3/c1-22(40)38-12-7-24(8-13-38)33-10-9-32-11-14-39(26-15-27(41-3)18-28(16-26)42-4)25-5-6-29-30(17-25)36-31(20-34-29)23-19-35-37(2)21-23/h5-6,15-21,24,32-33H,7-14H2,1-4H3. The molecule has 0 spiro atoms. The van der Waals surface area contributed by atoms with Gasteiger partial charge in [0.15, 0.2) is 0 Å². The third-order valence-corrected chi connectivity index (χ3v) is 7.67. The number of nitrogens with zero attached hydrogens (tertiary/aromatic N) is 6. The van der Waals surface area contributed by atoms with Crippen LogP contribution in [0.2, 0.25) is 0 Å². The van der Waals surface area contributed by atoms with E-state index in [2.05, 4.69) is 37.7 Å². The predicted molar refractivity (Wildman–Crippen MR) is 164 cm³/mol. The number of ether oxygens (including phenoxy) is 2. The molecule has 5 rings (SSSR count). The molecular formula is C31H40N8O3. The maximum atomic E-state index is 11.6. The first-order valence-electron chi connectivity index (χ1n) is 14.4. The summed E-state index contributed by atoms with van der Waals surface area (Å²) in [5.74, 6) is 1.62. The molecule has 0 unspecified atom stereocenters. The Morgan fingerprint density at radius 2 is 1.74 bits per heavy atom. The molecule has 0 aliphatic carbocycles. The van der Waals surface area contributed by atoms with Crippen LogP contribution in [0.3, 0.4) is 0 Å². The van der Waals surface area contributed by atoms with Crippen molar-refractivity contribution in [1.29, 1.82) is 0 Å². The van der Waals surface area contributed by atoms with Gasteiger partial charge >= 0.3 is 0 Å². The number of piperidine rings is 1. The second kappa shape index (κ2) is 13.6. The first kappa shape index (κ1) is 29.3. The summed E-state index contributed by atoms with van der Waals surface area (Å²) in [6.45, 7) is 6.52. The molecule has 0 radical (unpaired) electrons. The van der Waals surface area contributed by atoms with Crippen LogP contribution in [0.1, 0.15) is 19.8 Å². The number of anilines is 2. The number of carbonyl (C=O) groups excluding carboxylic acids is 1. The van der Waals surface area contributed by atoms with Crippen molar-refractivity contribution in [3.63, 3.8) is 0 Å². The zero-order valence-corrected chi connectivity index (χ0v) is 24.8. The van der Waals surface area contributed by atoms with E-state index in [-0.39, 0.29) is 5.91 Å². The lowest BCUT2D eigenvalue weighted by atomic mass is 10.1. The third-order valence-electron chi connectivity index (χ3n) is 7.67. The number of nitrogens with one attached hydrogen (secondary N) is 2. The molecule has 1 amide bonds. The number of rotatable bonds is 12. The highest BCUT2D eigenvalue weighted by molar-refractivity contribution is 5.82. The molecule has 1 aliphatic heterocycles. The second-order valence-electron chi connectivity index (χ2n) is 10.5. The Morgan fingerprint density at radius 3 is 2.40 bits per heavy atom. The van der Waals surface area contributed by atoms with Crippen molar-refractivity contribution in [2.75, 3.05) is 58.4 Å². The van der Waals surface area contributed by atoms with Gasteiger partial charge in [-0.05, 0) is 31.0 Å². The molecule has 4 aromatic rings. The monoisotopic (exact) mass is 572 g/mol. The molecule has 3 heterocycles. The van der Waals surface area contributed by atoms with Crippen molar-refractivity contribution in [3.05, 3.63) is 55.0 Å². The van der Waals surface area contributed by atoms with Gasteiger partial charge < -0.3 is 29.9 Å². The lowest BCUT2D eigenvalue weighted by Crippen LogP contribution is -2.45. The summed E-state index contributed by atoms with van der Waals surface area (Å²) in [7, 11) is 5.21. The molecule has 2 aromatic heterocycles. The van der Waals surface area contributed by atoms with E-state index < -0.39 is 0 Å². The number of carbonyl (C=O) groups is 1. The fourth-order valence-corrected chi connectivity index (χ4v) is 5.29. The highest BCUT2D eigenvalue weighted by atomic mass is 16.5. The smallest absolute Gasteiger partial charge is 0.219 e. The van der Waals surface area contributed by atoms with Gasteiger partial charge in [-0.2, -0.15) is 5.10 Å². The average molecular weight is 573 g/mol. The van der Waals surface area contributed by atoms with E-state index in [9.17, 15) is 4.79 Å². The molecule has 11 heteroatoms. The molecule has 0 atom stereocenters. The van der Waals surface area contributed by atoms with E-state index in [1.807, 2.05) is 42.4 Å². The zero-order valence-electron chi connectivity index (χ0n) is 24.8. The summed E-state index contributed by atoms with van der Waals surface area (Å²) >= 11 is 0. The van der Waals surface area contributed by atoms with Crippen molar-refractivity contribution in [1.82, 2.24) is 35.3 Å². The summed E-state index contributed by atoms with van der Waals surface area (Å²) < 4.78 is 12.9. The molecule has 2 aromatic carbocycles. The van der Waals surface area contributed by atoms with Gasteiger partial charge in [0.05, 0.1) is 43.3 Å². The maximum Gasteiger partial charge on any atom is 0.219 e. The minimum atomic E-state index is 0.167. The van der Waals surface area contributed by atoms with Gasteiger partial charge in [-0.3, -0.25) is 14.5 Å². The van der Waals surface area contributed by atoms with Gasteiger partial charge in [-0.1, -0.05) is 0 Å². The van der Waals surface area contributed by atoms with Crippen molar-refractivity contribution in [2.24, 2.45) is 7.05 Å². The van der Waals surface area contributed by atoms with Crippen LogP contribution in [0.25, 0.3) is 22.3 Å². The summed E-state index contributed by atoms with van der Waals surface area (Å²) in [5.41, 5.74) is 5.29. The quantitative estimate of drug-likeness (QED) is 0.247. The number of amides is 1. The minimum Gasteiger partial charge on any atom is -0.497 e. The van der Waals surface area contributed by atoms with Crippen molar-refractivity contribution >= 4 is 28.3 Å². The Balaban J connectivity index is 1.29. The zero-order chi connectivity index (χ0) is 29.5. The molecular weight excluding hydrogens is 532 g/mol. The Hall–Kier alpha value is -4.22. The highest BCUT2D eigenvalue weighted by Gasteiger charge is 2.20. The van der Waals surface area contributed by atoms with E-state index in [4.69, 9.17) is 14.5 Å². The van der Waals surface area contributed by atoms with E-state index in [1.165, 1.54) is 0 Å². The normalized spacial score (nSPS) is 13.9. The topological polar surface area (TPSA) is 110 Å². The molecule has 1 fully saturated rings. The largest absolute Gasteiger partial charge is 0.497 e. The first-order chi connectivity index (χ1) is 20.4. The Morgan fingerprint density at radius 1 is 0.976 bits per heavy atom. The van der Waals surface area contributed by atoms with Crippen LogP contribution in [-0.4, -0.2) is 90.1 Å². The molecule has 0 bridgehead atoms. The Bertz CT molecular complexity index is 1480. The number of aromatic nitrogens is 4. The van der Waals surface area contributed by atoms with E-state index in [0.717, 1.165) is 90.7 Å². The van der Waals surface area contributed by atoms with E-state index >= 15 is 0 Å². The molecule has 11 nitrogen and oxygen atoms in total. The minimum absolute atomic E-state index is 0.167. The molecule has 1 aliphatic rings. The molecule has 42 heavy (non-hydrogen) atoms. The number of hydrogen-bond acceptors (Lipinski definition) is 9. The van der Waals surface area contributed by atoms with Crippen LogP contribution >= 0.6 is 0 Å². The number of methoxy groups -OCH3 is 2. The van der Waals surface area contributed by atoms with Crippen LogP contribution in [0.5, 0.6) is 11.5 Å². The van der Waals surface area contributed by atoms with Crippen molar-refractivity contribution in [2.45, 2.75) is 25.8 Å². The third kappa shape index (κ3) is 7.15. The lowest BCUT2D eigenvalue weighted by molar-refractivity contribution is -0.129. The van der Waals surface area contributed by atoms with Crippen molar-refractivity contribution < 1.29 is 14.3 Å². The van der Waals surface area contributed by atoms with Crippen molar-refractivity contribution in [3.8, 4) is 22.8 Å². The number of fused-ring (bicyclic) bond motifs is 1. The number of hydrogen-bond donors (Lipinski definition) is 2. The van der Waals surface area contributed by atoms with E-state index in [0.29, 0.717) is 12.6 Å². The van der Waals surface area contributed by atoms with Gasteiger partial charge in [0, 0.05) is 101 Å². The first-order valence-corrected chi connectivity index (χ1v) is 14.4. The van der Waals surface area contributed by atoms with Gasteiger partial charge in [-0.25, -0.2) is 4.98 Å². The molecule has 222 valence electrons. The summed E-state index contributed by atoms with van der Waals surface area (Å²) in [4.78, 5) is 25.3. The predicted octanol–water partition coefficient (Wildman–Crippen LogP) is 3.38. The van der Waals surface area contributed by atoms with Gasteiger partial charge in [0.25, 0.3) is 0 Å². The van der Waals surface area contributed by atoms with Gasteiger partial charge in [0.1, 0.15) is 11.5 Å².